The summed E-state index contributed by atoms with van der Waals surface area (Å²) < 4.78 is 6.41. The lowest BCUT2D eigenvalue weighted by Gasteiger charge is -2.18. The van der Waals surface area contributed by atoms with Gasteiger partial charge in [-0.05, 0) is 24.6 Å². The summed E-state index contributed by atoms with van der Waals surface area (Å²) >= 11 is 9.42. The first-order valence-electron chi connectivity index (χ1n) is 5.33. The van der Waals surface area contributed by atoms with E-state index in [-0.39, 0.29) is 12.4 Å². The van der Waals surface area contributed by atoms with Gasteiger partial charge < -0.3 is 4.74 Å². The molecule has 0 spiro atoms. The Hall–Kier alpha value is -0.540. The van der Waals surface area contributed by atoms with Crippen LogP contribution < -0.4 is 4.74 Å². The molecular weight excluding hydrogens is 303 g/mol. The van der Waals surface area contributed by atoms with Crippen LogP contribution in [0.5, 0.6) is 5.75 Å². The molecule has 4 heteroatoms. The SMILES string of the molecule is Cc1cc(Br)cc(Cl)c1OCC(=O)C(C)(C)C. The molecule has 94 valence electrons. The topological polar surface area (TPSA) is 26.3 Å². The number of hydrogen-bond acceptors (Lipinski definition) is 2. The van der Waals surface area contributed by atoms with Crippen LogP contribution in [0.4, 0.5) is 0 Å². The second-order valence-electron chi connectivity index (χ2n) is 5.00. The van der Waals surface area contributed by atoms with Crippen molar-refractivity contribution in [3.63, 3.8) is 0 Å². The highest BCUT2D eigenvalue weighted by Crippen LogP contribution is 2.32. The summed E-state index contributed by atoms with van der Waals surface area (Å²) in [5.74, 6) is 0.628. The molecule has 0 bridgehead atoms. The predicted octanol–water partition coefficient (Wildman–Crippen LogP) is 4.40. The Morgan fingerprint density at radius 1 is 1.41 bits per heavy atom. The van der Waals surface area contributed by atoms with Gasteiger partial charge in [-0.1, -0.05) is 48.3 Å². The van der Waals surface area contributed by atoms with E-state index < -0.39 is 5.41 Å². The molecule has 0 heterocycles. The molecule has 0 unspecified atom stereocenters. The molecule has 0 aliphatic carbocycles. The Labute approximate surface area is 115 Å². The maximum atomic E-state index is 11.8. The lowest BCUT2D eigenvalue weighted by atomic mass is 9.91. The van der Waals surface area contributed by atoms with E-state index >= 15 is 0 Å². The van der Waals surface area contributed by atoms with Crippen molar-refractivity contribution in [2.75, 3.05) is 6.61 Å². The molecular formula is C13H16BrClO2. The average Bonchev–Trinajstić information content (AvgIpc) is 2.13. The molecule has 0 saturated carbocycles. The summed E-state index contributed by atoms with van der Waals surface area (Å²) in [5, 5.41) is 0.513. The highest BCUT2D eigenvalue weighted by atomic mass is 79.9. The van der Waals surface area contributed by atoms with Gasteiger partial charge in [-0.3, -0.25) is 4.79 Å². The van der Waals surface area contributed by atoms with Crippen molar-refractivity contribution < 1.29 is 9.53 Å². The molecule has 0 aliphatic rings. The fraction of sp³-hybridized carbons (Fsp3) is 0.462. The van der Waals surface area contributed by atoms with E-state index in [1.165, 1.54) is 0 Å². The van der Waals surface area contributed by atoms with Crippen LogP contribution in [0.2, 0.25) is 5.02 Å². The number of hydrogen-bond donors (Lipinski definition) is 0. The van der Waals surface area contributed by atoms with Gasteiger partial charge in [0.1, 0.15) is 12.4 Å². The molecule has 0 atom stereocenters. The number of aryl methyl sites for hydroxylation is 1. The fourth-order valence-corrected chi connectivity index (χ4v) is 2.25. The molecule has 1 aromatic rings. The first kappa shape index (κ1) is 14.5. The number of benzene rings is 1. The van der Waals surface area contributed by atoms with Crippen molar-refractivity contribution in [1.82, 2.24) is 0 Å². The van der Waals surface area contributed by atoms with E-state index in [0.29, 0.717) is 10.8 Å². The van der Waals surface area contributed by atoms with Gasteiger partial charge in [-0.25, -0.2) is 0 Å². The van der Waals surface area contributed by atoms with Crippen molar-refractivity contribution in [2.24, 2.45) is 5.41 Å². The third-order valence-corrected chi connectivity index (χ3v) is 3.12. The molecule has 1 rings (SSSR count). The average molecular weight is 320 g/mol. The van der Waals surface area contributed by atoms with Crippen molar-refractivity contribution in [2.45, 2.75) is 27.7 Å². The van der Waals surface area contributed by atoms with Crippen LogP contribution in [0.1, 0.15) is 26.3 Å². The third kappa shape index (κ3) is 4.00. The number of Topliss-reactive ketones (excluding diaryl/α,β-unsaturated/α-hetero) is 1. The van der Waals surface area contributed by atoms with Crippen molar-refractivity contribution in [1.29, 1.82) is 0 Å². The van der Waals surface area contributed by atoms with E-state index in [1.807, 2.05) is 33.8 Å². The van der Waals surface area contributed by atoms with Gasteiger partial charge >= 0.3 is 0 Å². The lowest BCUT2D eigenvalue weighted by Crippen LogP contribution is -2.26. The molecule has 0 N–H and O–H groups in total. The first-order chi connectivity index (χ1) is 7.71. The fourth-order valence-electron chi connectivity index (χ4n) is 1.23. The largest absolute Gasteiger partial charge is 0.484 e. The third-order valence-electron chi connectivity index (χ3n) is 2.38. The summed E-state index contributed by atoms with van der Waals surface area (Å²) in [5.41, 5.74) is 0.515. The minimum absolute atomic E-state index is 0.0473. The van der Waals surface area contributed by atoms with E-state index in [9.17, 15) is 4.79 Å². The van der Waals surface area contributed by atoms with Crippen molar-refractivity contribution >= 4 is 33.3 Å². The van der Waals surface area contributed by atoms with Crippen molar-refractivity contribution in [3.8, 4) is 5.75 Å². The Morgan fingerprint density at radius 3 is 2.47 bits per heavy atom. The number of rotatable bonds is 3. The Morgan fingerprint density at radius 2 is 2.00 bits per heavy atom. The minimum Gasteiger partial charge on any atom is -0.484 e. The smallest absolute Gasteiger partial charge is 0.175 e. The van der Waals surface area contributed by atoms with Gasteiger partial charge in [0.25, 0.3) is 0 Å². The lowest BCUT2D eigenvalue weighted by molar-refractivity contribution is -0.128. The van der Waals surface area contributed by atoms with Crippen LogP contribution in [0, 0.1) is 12.3 Å². The second-order valence-corrected chi connectivity index (χ2v) is 6.32. The second kappa shape index (κ2) is 5.40. The molecule has 0 amide bonds. The predicted molar refractivity (Wildman–Crippen MR) is 73.8 cm³/mol. The monoisotopic (exact) mass is 318 g/mol. The van der Waals surface area contributed by atoms with Crippen LogP contribution >= 0.6 is 27.5 Å². The van der Waals surface area contributed by atoms with E-state index in [2.05, 4.69) is 15.9 Å². The van der Waals surface area contributed by atoms with Crippen LogP contribution in [-0.2, 0) is 4.79 Å². The highest BCUT2D eigenvalue weighted by molar-refractivity contribution is 9.10. The standard InChI is InChI=1S/C13H16BrClO2/c1-8-5-9(14)6-10(15)12(8)17-7-11(16)13(2,3)4/h5-6H,7H2,1-4H3. The molecule has 2 nitrogen and oxygen atoms in total. The Kier molecular flexibility index (Phi) is 4.62. The zero-order chi connectivity index (χ0) is 13.2. The van der Waals surface area contributed by atoms with Gasteiger partial charge in [0, 0.05) is 9.89 Å². The number of ketones is 1. The van der Waals surface area contributed by atoms with Crippen LogP contribution in [0.3, 0.4) is 0 Å². The maximum Gasteiger partial charge on any atom is 0.175 e. The zero-order valence-corrected chi connectivity index (χ0v) is 12.8. The summed E-state index contributed by atoms with van der Waals surface area (Å²) in [6, 6.07) is 3.66. The first-order valence-corrected chi connectivity index (χ1v) is 6.50. The number of ether oxygens (including phenoxy) is 1. The summed E-state index contributed by atoms with van der Waals surface area (Å²) in [6.07, 6.45) is 0. The normalized spacial score (nSPS) is 11.4. The number of halogens is 2. The minimum atomic E-state index is -0.393. The number of carbonyl (C=O) groups is 1. The van der Waals surface area contributed by atoms with Gasteiger partial charge in [0.2, 0.25) is 0 Å². The van der Waals surface area contributed by atoms with Gasteiger partial charge in [0.15, 0.2) is 5.78 Å². The van der Waals surface area contributed by atoms with Gasteiger partial charge in [-0.2, -0.15) is 0 Å². The van der Waals surface area contributed by atoms with Crippen LogP contribution in [-0.4, -0.2) is 12.4 Å². The maximum absolute atomic E-state index is 11.8. The van der Waals surface area contributed by atoms with Crippen molar-refractivity contribution in [3.05, 3.63) is 27.2 Å². The highest BCUT2D eigenvalue weighted by Gasteiger charge is 2.22. The zero-order valence-electron chi connectivity index (χ0n) is 10.4. The van der Waals surface area contributed by atoms with E-state index in [4.69, 9.17) is 16.3 Å². The quantitative estimate of drug-likeness (QED) is 0.825. The van der Waals surface area contributed by atoms with Gasteiger partial charge in [-0.15, -0.1) is 0 Å². The summed E-state index contributed by atoms with van der Waals surface area (Å²) in [7, 11) is 0. The summed E-state index contributed by atoms with van der Waals surface area (Å²) in [6.45, 7) is 7.55. The Bertz CT molecular complexity index is 413. The Balaban J connectivity index is 2.80. The molecule has 0 aliphatic heterocycles. The molecule has 1 aromatic carbocycles. The molecule has 0 aromatic heterocycles. The molecule has 0 saturated heterocycles. The van der Waals surface area contributed by atoms with Gasteiger partial charge in [0.05, 0.1) is 5.02 Å². The summed E-state index contributed by atoms with van der Waals surface area (Å²) in [4.78, 5) is 11.8. The van der Waals surface area contributed by atoms with E-state index in [0.717, 1.165) is 10.0 Å². The molecule has 17 heavy (non-hydrogen) atoms. The van der Waals surface area contributed by atoms with E-state index in [1.54, 1.807) is 6.07 Å². The van der Waals surface area contributed by atoms with Crippen LogP contribution in [0.15, 0.2) is 16.6 Å². The molecule has 0 radical (unpaired) electrons. The number of carbonyl (C=O) groups excluding carboxylic acids is 1. The molecule has 0 fully saturated rings. The van der Waals surface area contributed by atoms with Crippen LogP contribution in [0.25, 0.3) is 0 Å².